The minimum Gasteiger partial charge on any atom is -0.480 e. The van der Waals surface area contributed by atoms with E-state index >= 15 is 0 Å². The molecule has 2 aromatic carbocycles. The van der Waals surface area contributed by atoms with Gasteiger partial charge in [-0.2, -0.15) is 5.12 Å². The average molecular weight is 441 g/mol. The summed E-state index contributed by atoms with van der Waals surface area (Å²) in [4.78, 5) is 11.4. The number of carboxylic acids is 1. The van der Waals surface area contributed by atoms with Gasteiger partial charge in [0.1, 0.15) is 6.04 Å². The number of anilines is 1. The van der Waals surface area contributed by atoms with Crippen molar-refractivity contribution >= 4 is 46.5 Å². The van der Waals surface area contributed by atoms with E-state index in [4.69, 9.17) is 34.8 Å². The lowest BCUT2D eigenvalue weighted by Crippen LogP contribution is -2.56. The third-order valence-electron chi connectivity index (χ3n) is 5.35. The van der Waals surface area contributed by atoms with Crippen LogP contribution in [0, 0.1) is 0 Å². The summed E-state index contributed by atoms with van der Waals surface area (Å²) in [5, 5.41) is 15.1. The van der Waals surface area contributed by atoms with E-state index in [9.17, 15) is 9.90 Å². The molecule has 4 rings (SSSR count). The van der Waals surface area contributed by atoms with Gasteiger partial charge < -0.3 is 5.11 Å². The first-order chi connectivity index (χ1) is 13.4. The molecule has 2 aromatic rings. The van der Waals surface area contributed by atoms with Crippen molar-refractivity contribution < 1.29 is 9.90 Å². The molecule has 0 bridgehead atoms. The third kappa shape index (κ3) is 3.82. The molecule has 8 heteroatoms. The molecule has 1 aliphatic heterocycles. The van der Waals surface area contributed by atoms with Gasteiger partial charge in [0.15, 0.2) is 0 Å². The Labute approximate surface area is 178 Å². The van der Waals surface area contributed by atoms with E-state index in [2.05, 4.69) is 10.4 Å². The molecule has 0 spiro atoms. The molecule has 28 heavy (non-hydrogen) atoms. The van der Waals surface area contributed by atoms with Crippen molar-refractivity contribution in [2.75, 3.05) is 11.6 Å². The molecule has 1 aliphatic carbocycles. The highest BCUT2D eigenvalue weighted by atomic mass is 35.5. The SMILES string of the molecule is O=C(O)C1CCN(N(c2cc(-c3ccc(Cl)cc3)c(Cl)cc2Cl)C2CCC2)N1. The fraction of sp³-hybridized carbons (Fsp3) is 0.350. The first kappa shape index (κ1) is 19.8. The van der Waals surface area contributed by atoms with Gasteiger partial charge in [0.05, 0.1) is 15.7 Å². The predicted molar refractivity (Wildman–Crippen MR) is 113 cm³/mol. The van der Waals surface area contributed by atoms with Crippen LogP contribution in [0.5, 0.6) is 0 Å². The number of hydrazine groups is 2. The molecular weight excluding hydrogens is 421 g/mol. The van der Waals surface area contributed by atoms with Crippen molar-refractivity contribution in [2.24, 2.45) is 0 Å². The lowest BCUT2D eigenvalue weighted by Gasteiger charge is -2.44. The first-order valence-electron chi connectivity index (χ1n) is 9.24. The highest BCUT2D eigenvalue weighted by Gasteiger charge is 2.37. The molecule has 1 heterocycles. The van der Waals surface area contributed by atoms with Crippen LogP contribution in [0.3, 0.4) is 0 Å². The summed E-state index contributed by atoms with van der Waals surface area (Å²) in [6.45, 7) is 0.600. The highest BCUT2D eigenvalue weighted by molar-refractivity contribution is 6.38. The van der Waals surface area contributed by atoms with Gasteiger partial charge in [-0.15, -0.1) is 0 Å². The van der Waals surface area contributed by atoms with Crippen LogP contribution < -0.4 is 10.4 Å². The molecular formula is C20H20Cl3N3O2. The minimum absolute atomic E-state index is 0.275. The summed E-state index contributed by atoms with van der Waals surface area (Å²) in [5.74, 6) is -0.847. The standard InChI is InChI=1S/C20H20Cl3N3O2/c21-13-6-4-12(5-7-13)15-10-19(17(23)11-16(15)22)26(14-2-1-3-14)25-9-8-18(24-25)20(27)28/h4-7,10-11,14,18,24H,1-3,8-9H2,(H,27,28). The second-order valence-electron chi connectivity index (χ2n) is 7.15. The number of benzene rings is 2. The number of aliphatic carboxylic acids is 1. The topological polar surface area (TPSA) is 55.8 Å². The molecule has 1 saturated heterocycles. The molecule has 2 aliphatic rings. The van der Waals surface area contributed by atoms with Gasteiger partial charge in [0.2, 0.25) is 0 Å². The van der Waals surface area contributed by atoms with Crippen molar-refractivity contribution in [1.29, 1.82) is 0 Å². The number of carbonyl (C=O) groups is 1. The molecule has 1 saturated carbocycles. The predicted octanol–water partition coefficient (Wildman–Crippen LogP) is 5.25. The van der Waals surface area contributed by atoms with Gasteiger partial charge in [-0.05, 0) is 55.5 Å². The molecule has 2 fully saturated rings. The van der Waals surface area contributed by atoms with Gasteiger partial charge in [-0.25, -0.2) is 5.43 Å². The minimum atomic E-state index is -0.847. The summed E-state index contributed by atoms with van der Waals surface area (Å²) in [7, 11) is 0. The zero-order chi connectivity index (χ0) is 19.8. The van der Waals surface area contributed by atoms with Gasteiger partial charge in [0, 0.05) is 23.2 Å². The molecule has 0 aromatic heterocycles. The van der Waals surface area contributed by atoms with Crippen LogP contribution >= 0.6 is 34.8 Å². The van der Waals surface area contributed by atoms with Crippen LogP contribution in [0.4, 0.5) is 5.69 Å². The zero-order valence-corrected chi connectivity index (χ0v) is 17.3. The van der Waals surface area contributed by atoms with E-state index in [1.807, 2.05) is 35.4 Å². The molecule has 0 amide bonds. The lowest BCUT2D eigenvalue weighted by atomic mass is 9.92. The van der Waals surface area contributed by atoms with Gasteiger partial charge in [0.25, 0.3) is 0 Å². The number of rotatable bonds is 5. The fourth-order valence-electron chi connectivity index (χ4n) is 3.63. The second-order valence-corrected chi connectivity index (χ2v) is 8.40. The summed E-state index contributed by atoms with van der Waals surface area (Å²) < 4.78 is 0. The van der Waals surface area contributed by atoms with E-state index < -0.39 is 12.0 Å². The van der Waals surface area contributed by atoms with Crippen molar-refractivity contribution in [3.05, 3.63) is 51.5 Å². The summed E-state index contributed by atoms with van der Waals surface area (Å²) in [5.41, 5.74) is 5.72. The van der Waals surface area contributed by atoms with E-state index in [1.54, 1.807) is 6.07 Å². The van der Waals surface area contributed by atoms with E-state index in [-0.39, 0.29) is 6.04 Å². The Kier molecular flexibility index (Phi) is 5.72. The molecule has 1 atom stereocenters. The molecule has 0 radical (unpaired) electrons. The zero-order valence-electron chi connectivity index (χ0n) is 15.0. The number of carboxylic acid groups (broad SMARTS) is 1. The van der Waals surface area contributed by atoms with Crippen molar-refractivity contribution in [3.8, 4) is 11.1 Å². The summed E-state index contributed by atoms with van der Waals surface area (Å²) in [6, 6.07) is 10.9. The largest absolute Gasteiger partial charge is 0.480 e. The Morgan fingerprint density at radius 2 is 1.79 bits per heavy atom. The van der Waals surface area contributed by atoms with Gasteiger partial charge in [-0.3, -0.25) is 9.80 Å². The molecule has 148 valence electrons. The number of hydrogen-bond donors (Lipinski definition) is 2. The smallest absolute Gasteiger partial charge is 0.322 e. The first-order valence-corrected chi connectivity index (χ1v) is 10.4. The van der Waals surface area contributed by atoms with Crippen LogP contribution in [0.1, 0.15) is 25.7 Å². The highest BCUT2D eigenvalue weighted by Crippen LogP contribution is 2.41. The Morgan fingerprint density at radius 1 is 1.07 bits per heavy atom. The second kappa shape index (κ2) is 8.09. The van der Waals surface area contributed by atoms with E-state index in [0.29, 0.717) is 28.0 Å². The van der Waals surface area contributed by atoms with Crippen LogP contribution in [-0.4, -0.2) is 34.8 Å². The van der Waals surface area contributed by atoms with Crippen molar-refractivity contribution in [2.45, 2.75) is 37.8 Å². The van der Waals surface area contributed by atoms with Crippen molar-refractivity contribution in [1.82, 2.24) is 10.5 Å². The maximum absolute atomic E-state index is 11.4. The fourth-order valence-corrected chi connectivity index (χ4v) is 4.33. The molecule has 2 N–H and O–H groups in total. The van der Waals surface area contributed by atoms with Gasteiger partial charge >= 0.3 is 5.97 Å². The maximum Gasteiger partial charge on any atom is 0.322 e. The normalized spacial score (nSPS) is 20.2. The van der Waals surface area contributed by atoms with Crippen LogP contribution in [0.15, 0.2) is 36.4 Å². The molecule has 1 unspecified atom stereocenters. The summed E-state index contributed by atoms with van der Waals surface area (Å²) >= 11 is 19.1. The van der Waals surface area contributed by atoms with Gasteiger partial charge in [-0.1, -0.05) is 46.9 Å². The van der Waals surface area contributed by atoms with Crippen LogP contribution in [0.2, 0.25) is 15.1 Å². The van der Waals surface area contributed by atoms with Crippen LogP contribution in [-0.2, 0) is 4.79 Å². The van der Waals surface area contributed by atoms with Crippen LogP contribution in [0.25, 0.3) is 11.1 Å². The average Bonchev–Trinajstić information content (AvgIpc) is 3.10. The Morgan fingerprint density at radius 3 is 2.36 bits per heavy atom. The third-order valence-corrected chi connectivity index (χ3v) is 6.22. The maximum atomic E-state index is 11.4. The number of halogens is 3. The number of nitrogens with one attached hydrogen (secondary N) is 1. The number of hydrogen-bond acceptors (Lipinski definition) is 4. The Balaban J connectivity index is 1.73. The Hall–Kier alpha value is -1.50. The summed E-state index contributed by atoms with van der Waals surface area (Å²) in [6.07, 6.45) is 3.75. The van der Waals surface area contributed by atoms with E-state index in [1.165, 1.54) is 0 Å². The quantitative estimate of drug-likeness (QED) is 0.665. The monoisotopic (exact) mass is 439 g/mol. The molecule has 5 nitrogen and oxygen atoms in total. The Bertz CT molecular complexity index is 887. The van der Waals surface area contributed by atoms with Crippen molar-refractivity contribution in [3.63, 3.8) is 0 Å². The lowest BCUT2D eigenvalue weighted by molar-refractivity contribution is -0.139. The number of nitrogens with zero attached hydrogens (tertiary/aromatic N) is 2. The van der Waals surface area contributed by atoms with E-state index in [0.717, 1.165) is 36.1 Å².